The average molecular weight is 279 g/mol. The van der Waals surface area contributed by atoms with Crippen LogP contribution in [0.2, 0.25) is 0 Å². The molecule has 3 nitrogen and oxygen atoms in total. The molecular formula is C14H18FN3S. The van der Waals surface area contributed by atoms with Crippen molar-refractivity contribution in [2.24, 2.45) is 5.73 Å². The number of rotatable bonds is 4. The molecule has 0 spiro atoms. The summed E-state index contributed by atoms with van der Waals surface area (Å²) in [5.74, 6) is -0.341. The fourth-order valence-electron chi connectivity index (χ4n) is 1.92. The van der Waals surface area contributed by atoms with Crippen LogP contribution in [0.25, 0.3) is 11.4 Å². The van der Waals surface area contributed by atoms with Crippen LogP contribution in [0.5, 0.6) is 0 Å². The van der Waals surface area contributed by atoms with Crippen molar-refractivity contribution in [1.82, 2.24) is 9.97 Å². The monoisotopic (exact) mass is 279 g/mol. The summed E-state index contributed by atoms with van der Waals surface area (Å²) < 4.78 is 12.9. The summed E-state index contributed by atoms with van der Waals surface area (Å²) in [5, 5.41) is 0.927. The van der Waals surface area contributed by atoms with Crippen molar-refractivity contribution in [3.63, 3.8) is 0 Å². The third-order valence-corrected chi connectivity index (χ3v) is 4.65. The average Bonchev–Trinajstić information content (AvgIpc) is 2.81. The summed E-state index contributed by atoms with van der Waals surface area (Å²) in [6.07, 6.45) is 2.89. The van der Waals surface area contributed by atoms with Crippen LogP contribution >= 0.6 is 11.3 Å². The van der Waals surface area contributed by atoms with Crippen LogP contribution in [0.1, 0.15) is 36.6 Å². The van der Waals surface area contributed by atoms with E-state index in [0.29, 0.717) is 5.69 Å². The largest absolute Gasteiger partial charge is 0.319 e. The molecule has 2 rings (SSSR count). The number of thiazole rings is 1. The van der Waals surface area contributed by atoms with Crippen LogP contribution in [0.15, 0.2) is 18.3 Å². The minimum atomic E-state index is -0.381. The minimum absolute atomic E-state index is 0.341. The predicted molar refractivity (Wildman–Crippen MR) is 76.5 cm³/mol. The maximum atomic E-state index is 12.9. The molecule has 2 aromatic rings. The van der Waals surface area contributed by atoms with Gasteiger partial charge in [-0.25, -0.2) is 9.37 Å². The Labute approximate surface area is 116 Å². The number of aromatic nitrogens is 2. The van der Waals surface area contributed by atoms with Crippen molar-refractivity contribution >= 4 is 11.3 Å². The predicted octanol–water partition coefficient (Wildman–Crippen LogP) is 3.63. The van der Waals surface area contributed by atoms with Gasteiger partial charge in [-0.3, -0.25) is 4.98 Å². The van der Waals surface area contributed by atoms with E-state index in [1.165, 1.54) is 12.3 Å². The van der Waals surface area contributed by atoms with Gasteiger partial charge in [-0.2, -0.15) is 0 Å². The molecule has 0 aliphatic rings. The Balaban J connectivity index is 2.44. The van der Waals surface area contributed by atoms with E-state index in [4.69, 9.17) is 5.73 Å². The molecule has 102 valence electrons. The van der Waals surface area contributed by atoms with E-state index in [-0.39, 0.29) is 11.4 Å². The fraction of sp³-hybridized carbons (Fsp3) is 0.429. The quantitative estimate of drug-likeness (QED) is 0.929. The molecule has 0 fully saturated rings. The molecule has 19 heavy (non-hydrogen) atoms. The summed E-state index contributed by atoms with van der Waals surface area (Å²) in [6, 6.07) is 3.05. The first-order chi connectivity index (χ1) is 9.00. The van der Waals surface area contributed by atoms with E-state index < -0.39 is 0 Å². The summed E-state index contributed by atoms with van der Waals surface area (Å²) in [7, 11) is 0. The van der Waals surface area contributed by atoms with E-state index in [9.17, 15) is 4.39 Å². The maximum absolute atomic E-state index is 12.9. The molecule has 5 heteroatoms. The van der Waals surface area contributed by atoms with E-state index in [2.05, 4.69) is 23.8 Å². The fourth-order valence-corrected chi connectivity index (χ4v) is 3.08. The number of halogens is 1. The second-order valence-electron chi connectivity index (χ2n) is 4.65. The Bertz CT molecular complexity index is 559. The number of nitrogens with zero attached hydrogens (tertiary/aromatic N) is 2. The topological polar surface area (TPSA) is 51.8 Å². The van der Waals surface area contributed by atoms with Gasteiger partial charge in [0.2, 0.25) is 0 Å². The molecule has 2 N–H and O–H groups in total. The number of hydrogen-bond donors (Lipinski definition) is 1. The van der Waals surface area contributed by atoms with Gasteiger partial charge >= 0.3 is 0 Å². The molecule has 2 heterocycles. The van der Waals surface area contributed by atoms with E-state index in [1.807, 2.05) is 6.92 Å². The van der Waals surface area contributed by atoms with Crippen LogP contribution < -0.4 is 5.73 Å². The third kappa shape index (κ3) is 2.67. The molecule has 0 aliphatic heterocycles. The van der Waals surface area contributed by atoms with Gasteiger partial charge in [0, 0.05) is 4.88 Å². The van der Waals surface area contributed by atoms with Gasteiger partial charge in [0.1, 0.15) is 16.5 Å². The molecule has 0 aliphatic carbocycles. The van der Waals surface area contributed by atoms with Gasteiger partial charge in [-0.1, -0.05) is 13.8 Å². The molecule has 0 aromatic carbocycles. The highest BCUT2D eigenvalue weighted by Gasteiger charge is 2.28. The van der Waals surface area contributed by atoms with Gasteiger partial charge < -0.3 is 5.73 Å². The standard InChI is InChI=1S/C14H18FN3S/c1-4-14(16,5-2)13-18-12(9(3)19-13)11-7-6-10(15)8-17-11/h6-8H,4-5,16H2,1-3H3. The summed E-state index contributed by atoms with van der Waals surface area (Å²) >= 11 is 1.60. The first-order valence-electron chi connectivity index (χ1n) is 6.39. The molecule has 0 amide bonds. The zero-order chi connectivity index (χ0) is 14.0. The Kier molecular flexibility index (Phi) is 3.96. The normalized spacial score (nSPS) is 11.8. The Hall–Kier alpha value is -1.33. The highest BCUT2D eigenvalue weighted by Crippen LogP contribution is 2.34. The van der Waals surface area contributed by atoms with E-state index in [0.717, 1.165) is 28.4 Å². The van der Waals surface area contributed by atoms with Crippen molar-refractivity contribution in [3.8, 4) is 11.4 Å². The van der Waals surface area contributed by atoms with Gasteiger partial charge in [0.25, 0.3) is 0 Å². The summed E-state index contributed by atoms with van der Waals surface area (Å²) in [6.45, 7) is 6.12. The summed E-state index contributed by atoms with van der Waals surface area (Å²) in [4.78, 5) is 9.78. The molecular weight excluding hydrogens is 261 g/mol. The van der Waals surface area contributed by atoms with E-state index in [1.54, 1.807) is 17.4 Å². The van der Waals surface area contributed by atoms with Crippen molar-refractivity contribution in [1.29, 1.82) is 0 Å². The van der Waals surface area contributed by atoms with Gasteiger partial charge in [-0.05, 0) is 31.9 Å². The number of pyridine rings is 1. The van der Waals surface area contributed by atoms with Crippen molar-refractivity contribution in [3.05, 3.63) is 34.0 Å². The molecule has 0 atom stereocenters. The van der Waals surface area contributed by atoms with Gasteiger partial charge in [-0.15, -0.1) is 11.3 Å². The number of hydrogen-bond acceptors (Lipinski definition) is 4. The van der Waals surface area contributed by atoms with Crippen molar-refractivity contribution in [2.45, 2.75) is 39.2 Å². The maximum Gasteiger partial charge on any atom is 0.141 e. The van der Waals surface area contributed by atoms with Crippen molar-refractivity contribution < 1.29 is 4.39 Å². The van der Waals surface area contributed by atoms with Crippen LogP contribution in [0.3, 0.4) is 0 Å². The van der Waals surface area contributed by atoms with E-state index >= 15 is 0 Å². The lowest BCUT2D eigenvalue weighted by molar-refractivity contribution is 0.411. The Morgan fingerprint density at radius 2 is 2.00 bits per heavy atom. The lowest BCUT2D eigenvalue weighted by atomic mass is 9.95. The summed E-state index contributed by atoms with van der Waals surface area (Å²) in [5.41, 5.74) is 7.48. The second kappa shape index (κ2) is 5.35. The first-order valence-corrected chi connectivity index (χ1v) is 7.20. The first kappa shape index (κ1) is 14.1. The molecule has 0 saturated heterocycles. The zero-order valence-electron chi connectivity index (χ0n) is 11.4. The van der Waals surface area contributed by atoms with Crippen LogP contribution in [-0.2, 0) is 5.54 Å². The number of nitrogens with two attached hydrogens (primary N) is 1. The lowest BCUT2D eigenvalue weighted by Gasteiger charge is -2.23. The highest BCUT2D eigenvalue weighted by atomic mass is 32.1. The Morgan fingerprint density at radius 3 is 2.53 bits per heavy atom. The molecule has 0 bridgehead atoms. The Morgan fingerprint density at radius 1 is 1.32 bits per heavy atom. The van der Waals surface area contributed by atoms with Gasteiger partial charge in [0.05, 0.1) is 17.4 Å². The molecule has 0 saturated carbocycles. The third-order valence-electron chi connectivity index (χ3n) is 3.45. The van der Waals surface area contributed by atoms with Crippen molar-refractivity contribution in [2.75, 3.05) is 0 Å². The highest BCUT2D eigenvalue weighted by molar-refractivity contribution is 7.12. The number of aryl methyl sites for hydroxylation is 1. The van der Waals surface area contributed by atoms with Crippen LogP contribution in [-0.4, -0.2) is 9.97 Å². The molecule has 0 radical (unpaired) electrons. The zero-order valence-corrected chi connectivity index (χ0v) is 12.2. The second-order valence-corrected chi connectivity index (χ2v) is 5.85. The molecule has 2 aromatic heterocycles. The molecule has 0 unspecified atom stereocenters. The lowest BCUT2D eigenvalue weighted by Crippen LogP contribution is -2.34. The smallest absolute Gasteiger partial charge is 0.141 e. The SMILES string of the molecule is CCC(N)(CC)c1nc(-c2ccc(F)cn2)c(C)s1. The minimum Gasteiger partial charge on any atom is -0.319 e. The van der Waals surface area contributed by atoms with Crippen LogP contribution in [0.4, 0.5) is 4.39 Å². The van der Waals surface area contributed by atoms with Gasteiger partial charge in [0.15, 0.2) is 0 Å². The van der Waals surface area contributed by atoms with Crippen LogP contribution in [0, 0.1) is 12.7 Å².